The molecule has 0 spiro atoms. The van der Waals surface area contributed by atoms with Gasteiger partial charge in [0, 0.05) is 18.3 Å². The van der Waals surface area contributed by atoms with Crippen molar-refractivity contribution in [2.75, 3.05) is 11.9 Å². The number of pyridine rings is 1. The van der Waals surface area contributed by atoms with Crippen molar-refractivity contribution in [3.05, 3.63) is 53.7 Å². The molecule has 4 nitrogen and oxygen atoms in total. The average molecular weight is 340 g/mol. The molecule has 0 saturated heterocycles. The molecule has 0 amide bonds. The summed E-state index contributed by atoms with van der Waals surface area (Å²) >= 11 is 0. The summed E-state index contributed by atoms with van der Waals surface area (Å²) < 4.78 is 5.69. The number of unbranched alkanes of at least 4 members (excludes halogenated alkanes) is 3. The normalized spacial score (nSPS) is 10.7. The van der Waals surface area contributed by atoms with E-state index >= 15 is 0 Å². The van der Waals surface area contributed by atoms with Crippen molar-refractivity contribution in [2.24, 2.45) is 0 Å². The molecule has 0 aliphatic rings. The summed E-state index contributed by atoms with van der Waals surface area (Å²) in [6, 6.07) is 10.9. The van der Waals surface area contributed by atoms with Gasteiger partial charge in [0.25, 0.3) is 0 Å². The summed E-state index contributed by atoms with van der Waals surface area (Å²) in [5.41, 5.74) is 1.21. The third kappa shape index (κ3) is 5.89. The number of nitrogens with zero attached hydrogens (tertiary/aromatic N) is 1. The van der Waals surface area contributed by atoms with Crippen LogP contribution in [-0.4, -0.2) is 23.4 Å². The highest BCUT2D eigenvalue weighted by molar-refractivity contribution is 6.12. The summed E-state index contributed by atoms with van der Waals surface area (Å²) in [5, 5.41) is 3.31. The molecule has 0 atom stereocenters. The van der Waals surface area contributed by atoms with Gasteiger partial charge in [-0.2, -0.15) is 0 Å². The lowest BCUT2D eigenvalue weighted by molar-refractivity contribution is 0.103. The number of carbonyl (C=O) groups is 1. The number of aromatic nitrogens is 1. The Hall–Kier alpha value is -2.36. The molecule has 134 valence electrons. The maximum atomic E-state index is 12.9. The van der Waals surface area contributed by atoms with Crippen LogP contribution >= 0.6 is 0 Å². The van der Waals surface area contributed by atoms with Crippen LogP contribution in [0.2, 0.25) is 0 Å². The van der Waals surface area contributed by atoms with Crippen molar-refractivity contribution < 1.29 is 9.53 Å². The second-order valence-corrected chi connectivity index (χ2v) is 6.41. The first kappa shape index (κ1) is 19.0. The number of hydrogen-bond donors (Lipinski definition) is 1. The molecule has 0 radical (unpaired) electrons. The van der Waals surface area contributed by atoms with E-state index in [9.17, 15) is 4.79 Å². The Balaban J connectivity index is 2.11. The molecule has 0 fully saturated rings. The zero-order valence-electron chi connectivity index (χ0n) is 15.4. The van der Waals surface area contributed by atoms with Gasteiger partial charge in [0.2, 0.25) is 0 Å². The first-order chi connectivity index (χ1) is 12.1. The molecule has 2 aromatic rings. The Morgan fingerprint density at radius 3 is 2.76 bits per heavy atom. The van der Waals surface area contributed by atoms with Gasteiger partial charge in [0.05, 0.1) is 11.7 Å². The van der Waals surface area contributed by atoms with E-state index in [4.69, 9.17) is 4.74 Å². The Labute approximate surface area is 150 Å². The fraction of sp³-hybridized carbons (Fsp3) is 0.429. The summed E-state index contributed by atoms with van der Waals surface area (Å²) in [5.74, 6) is 1.32. The molecule has 0 aliphatic heterocycles. The molecular weight excluding hydrogens is 312 g/mol. The van der Waals surface area contributed by atoms with Gasteiger partial charge in [0.1, 0.15) is 11.6 Å². The number of anilines is 1. The van der Waals surface area contributed by atoms with Crippen LogP contribution in [-0.2, 0) is 0 Å². The predicted octanol–water partition coefficient (Wildman–Crippen LogP) is 5.09. The van der Waals surface area contributed by atoms with E-state index in [2.05, 4.69) is 17.2 Å². The fourth-order valence-electron chi connectivity index (χ4n) is 2.63. The van der Waals surface area contributed by atoms with E-state index in [0.29, 0.717) is 22.7 Å². The maximum Gasteiger partial charge on any atom is 0.196 e. The fourth-order valence-corrected chi connectivity index (χ4v) is 2.63. The quantitative estimate of drug-likeness (QED) is 0.483. The monoisotopic (exact) mass is 340 g/mol. The van der Waals surface area contributed by atoms with Crippen LogP contribution in [0, 0.1) is 0 Å². The van der Waals surface area contributed by atoms with E-state index in [1.54, 1.807) is 18.3 Å². The minimum Gasteiger partial charge on any atom is -0.491 e. The molecule has 0 unspecified atom stereocenters. The van der Waals surface area contributed by atoms with Gasteiger partial charge in [-0.1, -0.05) is 38.3 Å². The largest absolute Gasteiger partial charge is 0.491 e. The predicted molar refractivity (Wildman–Crippen MR) is 103 cm³/mol. The van der Waals surface area contributed by atoms with E-state index in [1.165, 1.54) is 19.3 Å². The lowest BCUT2D eigenvalue weighted by Crippen LogP contribution is -2.11. The van der Waals surface area contributed by atoms with Crippen LogP contribution in [0.3, 0.4) is 0 Å². The van der Waals surface area contributed by atoms with Crippen LogP contribution in [0.15, 0.2) is 42.6 Å². The summed E-state index contributed by atoms with van der Waals surface area (Å²) in [7, 11) is 0. The molecule has 25 heavy (non-hydrogen) atoms. The van der Waals surface area contributed by atoms with Gasteiger partial charge in [-0.3, -0.25) is 4.79 Å². The highest BCUT2D eigenvalue weighted by Crippen LogP contribution is 2.21. The lowest BCUT2D eigenvalue weighted by Gasteiger charge is -2.12. The third-order valence-corrected chi connectivity index (χ3v) is 3.84. The number of ether oxygens (including phenoxy) is 1. The Bertz CT molecular complexity index is 683. The van der Waals surface area contributed by atoms with Gasteiger partial charge in [0.15, 0.2) is 5.78 Å². The molecule has 1 heterocycles. The summed E-state index contributed by atoms with van der Waals surface area (Å²) in [6.07, 6.45) is 6.50. The molecule has 2 rings (SSSR count). The molecule has 1 aromatic carbocycles. The standard InChI is InChI=1S/C21H28N2O2/c1-4-5-6-7-13-22-21-19(12-9-14-23-21)20(24)17-10-8-11-18(15-17)25-16(2)3/h8-12,14-16H,4-7,13H2,1-3H3,(H,22,23). The Morgan fingerprint density at radius 1 is 1.16 bits per heavy atom. The zero-order valence-corrected chi connectivity index (χ0v) is 15.4. The molecule has 0 bridgehead atoms. The zero-order chi connectivity index (χ0) is 18.1. The molecule has 0 aliphatic carbocycles. The minimum atomic E-state index is -0.0432. The summed E-state index contributed by atoms with van der Waals surface area (Å²) in [6.45, 7) is 6.96. The first-order valence-corrected chi connectivity index (χ1v) is 9.12. The van der Waals surface area contributed by atoms with Gasteiger partial charge < -0.3 is 10.1 Å². The highest BCUT2D eigenvalue weighted by Gasteiger charge is 2.15. The topological polar surface area (TPSA) is 51.2 Å². The first-order valence-electron chi connectivity index (χ1n) is 9.12. The third-order valence-electron chi connectivity index (χ3n) is 3.84. The van der Waals surface area contributed by atoms with Crippen LogP contribution in [0.5, 0.6) is 5.75 Å². The van der Waals surface area contributed by atoms with Crippen molar-refractivity contribution in [2.45, 2.75) is 52.6 Å². The van der Waals surface area contributed by atoms with Crippen LogP contribution in [0.4, 0.5) is 5.82 Å². The number of hydrogen-bond acceptors (Lipinski definition) is 4. The van der Waals surface area contributed by atoms with Crippen LogP contribution in [0.1, 0.15) is 62.4 Å². The van der Waals surface area contributed by atoms with Crippen LogP contribution < -0.4 is 10.1 Å². The van der Waals surface area contributed by atoms with Gasteiger partial charge in [-0.25, -0.2) is 4.98 Å². The molecule has 0 saturated carbocycles. The van der Waals surface area contributed by atoms with E-state index in [-0.39, 0.29) is 11.9 Å². The second-order valence-electron chi connectivity index (χ2n) is 6.41. The van der Waals surface area contributed by atoms with Crippen molar-refractivity contribution in [1.29, 1.82) is 0 Å². The van der Waals surface area contributed by atoms with E-state index in [0.717, 1.165) is 13.0 Å². The Kier molecular flexibility index (Phi) is 7.45. The smallest absolute Gasteiger partial charge is 0.196 e. The molecule has 1 N–H and O–H groups in total. The average Bonchev–Trinajstić information content (AvgIpc) is 2.61. The van der Waals surface area contributed by atoms with Crippen molar-refractivity contribution in [3.8, 4) is 5.75 Å². The van der Waals surface area contributed by atoms with Crippen molar-refractivity contribution in [3.63, 3.8) is 0 Å². The van der Waals surface area contributed by atoms with Gasteiger partial charge >= 0.3 is 0 Å². The molecular formula is C21H28N2O2. The van der Waals surface area contributed by atoms with E-state index in [1.807, 2.05) is 38.1 Å². The van der Waals surface area contributed by atoms with Crippen molar-refractivity contribution >= 4 is 11.6 Å². The van der Waals surface area contributed by atoms with E-state index < -0.39 is 0 Å². The minimum absolute atomic E-state index is 0.0432. The lowest BCUT2D eigenvalue weighted by atomic mass is 10.0. The number of benzene rings is 1. The summed E-state index contributed by atoms with van der Waals surface area (Å²) in [4.78, 5) is 17.3. The highest BCUT2D eigenvalue weighted by atomic mass is 16.5. The number of carbonyl (C=O) groups excluding carboxylic acids is 1. The van der Waals surface area contributed by atoms with Crippen LogP contribution in [0.25, 0.3) is 0 Å². The molecule has 1 aromatic heterocycles. The second kappa shape index (κ2) is 9.82. The van der Waals surface area contributed by atoms with Gasteiger partial charge in [-0.15, -0.1) is 0 Å². The Morgan fingerprint density at radius 2 is 2.00 bits per heavy atom. The van der Waals surface area contributed by atoms with Crippen molar-refractivity contribution in [1.82, 2.24) is 4.98 Å². The molecule has 4 heteroatoms. The number of nitrogens with one attached hydrogen (secondary N) is 1. The number of rotatable bonds is 10. The maximum absolute atomic E-state index is 12.9. The SMILES string of the molecule is CCCCCCNc1ncccc1C(=O)c1cccc(OC(C)C)c1. The van der Waals surface area contributed by atoms with Gasteiger partial charge in [-0.05, 0) is 44.5 Å². The number of ketones is 1.